The molecule has 2 aromatic rings. The molecular formula is C27H30F4. The minimum atomic E-state index is -1.53. The molecule has 1 fully saturated rings. The van der Waals surface area contributed by atoms with Crippen molar-refractivity contribution >= 4 is 0 Å². The van der Waals surface area contributed by atoms with Crippen molar-refractivity contribution in [2.45, 2.75) is 71.1 Å². The van der Waals surface area contributed by atoms with E-state index in [2.05, 4.69) is 13.0 Å². The molecule has 4 heteroatoms. The highest BCUT2D eigenvalue weighted by Gasteiger charge is 2.23. The molecule has 0 radical (unpaired) electrons. The molecule has 0 spiro atoms. The second-order valence-corrected chi connectivity index (χ2v) is 9.28. The summed E-state index contributed by atoms with van der Waals surface area (Å²) in [5, 5.41) is 0. The summed E-state index contributed by atoms with van der Waals surface area (Å²) in [6.07, 6.45) is 13.6. The lowest BCUT2D eigenvalue weighted by Gasteiger charge is -2.29. The van der Waals surface area contributed by atoms with Gasteiger partial charge in [-0.1, -0.05) is 69.2 Å². The zero-order valence-corrected chi connectivity index (χ0v) is 18.1. The number of rotatable bonds is 6. The normalized spacial score (nSPS) is 21.0. The molecular weight excluding hydrogens is 400 g/mol. The van der Waals surface area contributed by atoms with Crippen LogP contribution in [-0.2, 0) is 12.8 Å². The molecule has 0 N–H and O–H groups in total. The van der Waals surface area contributed by atoms with Crippen molar-refractivity contribution in [3.05, 3.63) is 70.3 Å². The first-order valence-electron chi connectivity index (χ1n) is 11.6. The second-order valence-electron chi connectivity index (χ2n) is 9.28. The van der Waals surface area contributed by atoms with E-state index in [-0.39, 0.29) is 11.1 Å². The first kappa shape index (κ1) is 22.1. The Morgan fingerprint density at radius 2 is 1.48 bits per heavy atom. The van der Waals surface area contributed by atoms with Crippen molar-refractivity contribution in [2.75, 3.05) is 0 Å². The average molecular weight is 431 g/mol. The van der Waals surface area contributed by atoms with Crippen LogP contribution in [-0.4, -0.2) is 0 Å². The number of allylic oxidation sites excluding steroid dienone is 2. The van der Waals surface area contributed by atoms with E-state index in [1.165, 1.54) is 50.5 Å². The molecule has 31 heavy (non-hydrogen) atoms. The van der Waals surface area contributed by atoms with Gasteiger partial charge in [0.25, 0.3) is 0 Å². The molecule has 0 aliphatic heterocycles. The molecule has 166 valence electrons. The van der Waals surface area contributed by atoms with Gasteiger partial charge in [-0.2, -0.15) is 0 Å². The largest absolute Gasteiger partial charge is 0.206 e. The number of hydrogen-bond acceptors (Lipinski definition) is 0. The van der Waals surface area contributed by atoms with Gasteiger partial charge >= 0.3 is 0 Å². The lowest BCUT2D eigenvalue weighted by molar-refractivity contribution is 0.252. The fourth-order valence-corrected chi connectivity index (χ4v) is 5.34. The lowest BCUT2D eigenvalue weighted by Crippen LogP contribution is -2.15. The maximum atomic E-state index is 15.1. The van der Waals surface area contributed by atoms with Crippen LogP contribution in [0.2, 0.25) is 0 Å². The highest BCUT2D eigenvalue weighted by molar-refractivity contribution is 5.67. The molecule has 2 aliphatic carbocycles. The van der Waals surface area contributed by atoms with Gasteiger partial charge in [-0.15, -0.1) is 0 Å². The van der Waals surface area contributed by atoms with Gasteiger partial charge in [-0.05, 0) is 66.3 Å². The van der Waals surface area contributed by atoms with Gasteiger partial charge in [-0.3, -0.25) is 0 Å². The quantitative estimate of drug-likeness (QED) is 0.245. The monoisotopic (exact) mass is 430 g/mol. The minimum Gasteiger partial charge on any atom is -0.206 e. The van der Waals surface area contributed by atoms with Gasteiger partial charge in [0.15, 0.2) is 17.5 Å². The van der Waals surface area contributed by atoms with E-state index >= 15 is 4.39 Å². The zero-order valence-electron chi connectivity index (χ0n) is 18.1. The molecule has 4 rings (SSSR count). The topological polar surface area (TPSA) is 0 Å². The van der Waals surface area contributed by atoms with Crippen LogP contribution in [0.25, 0.3) is 11.1 Å². The van der Waals surface area contributed by atoms with Crippen molar-refractivity contribution in [1.29, 1.82) is 0 Å². The predicted octanol–water partition coefficient (Wildman–Crippen LogP) is 8.32. The second kappa shape index (κ2) is 9.58. The van der Waals surface area contributed by atoms with Gasteiger partial charge in [0.1, 0.15) is 5.82 Å². The van der Waals surface area contributed by atoms with E-state index in [0.29, 0.717) is 12.0 Å². The molecule has 0 bridgehead atoms. The number of halogens is 4. The van der Waals surface area contributed by atoms with Gasteiger partial charge in [0.05, 0.1) is 0 Å². The van der Waals surface area contributed by atoms with Crippen molar-refractivity contribution in [3.63, 3.8) is 0 Å². The zero-order chi connectivity index (χ0) is 22.0. The van der Waals surface area contributed by atoms with Crippen LogP contribution in [0.4, 0.5) is 17.6 Å². The number of hydrogen-bond donors (Lipinski definition) is 0. The van der Waals surface area contributed by atoms with Crippen LogP contribution in [0, 0.1) is 35.1 Å². The predicted molar refractivity (Wildman–Crippen MR) is 117 cm³/mol. The van der Waals surface area contributed by atoms with E-state index in [1.807, 2.05) is 6.07 Å². The van der Waals surface area contributed by atoms with E-state index in [9.17, 15) is 13.2 Å². The SMILES string of the molecule is CCCC1CCC(CCC2=CCc3c(ccc(-c4cc(F)c(F)c(F)c4)c3F)C2)CC1. The molecule has 0 saturated heterocycles. The smallest absolute Gasteiger partial charge is 0.194 e. The third-order valence-electron chi connectivity index (χ3n) is 7.18. The molecule has 0 atom stereocenters. The Kier molecular flexibility index (Phi) is 6.83. The Morgan fingerprint density at radius 1 is 0.839 bits per heavy atom. The van der Waals surface area contributed by atoms with E-state index in [4.69, 9.17) is 0 Å². The Morgan fingerprint density at radius 3 is 2.13 bits per heavy atom. The molecule has 0 amide bonds. The van der Waals surface area contributed by atoms with Crippen molar-refractivity contribution < 1.29 is 17.6 Å². The van der Waals surface area contributed by atoms with Gasteiger partial charge in [0.2, 0.25) is 0 Å². The van der Waals surface area contributed by atoms with E-state index < -0.39 is 23.3 Å². The van der Waals surface area contributed by atoms with Crippen LogP contribution in [0.3, 0.4) is 0 Å². The van der Waals surface area contributed by atoms with Crippen LogP contribution >= 0.6 is 0 Å². The molecule has 2 aliphatic rings. The lowest BCUT2D eigenvalue weighted by atomic mass is 9.77. The molecule has 1 saturated carbocycles. The van der Waals surface area contributed by atoms with E-state index in [1.54, 1.807) is 6.07 Å². The molecule has 2 aromatic carbocycles. The number of benzene rings is 2. The molecule has 0 nitrogen and oxygen atoms in total. The highest BCUT2D eigenvalue weighted by atomic mass is 19.2. The first-order valence-corrected chi connectivity index (χ1v) is 11.6. The van der Waals surface area contributed by atoms with Crippen LogP contribution in [0.1, 0.15) is 69.4 Å². The molecule has 0 aromatic heterocycles. The third-order valence-corrected chi connectivity index (χ3v) is 7.18. The maximum Gasteiger partial charge on any atom is 0.194 e. The Hall–Kier alpha value is -2.10. The van der Waals surface area contributed by atoms with Crippen molar-refractivity contribution in [1.82, 2.24) is 0 Å². The summed E-state index contributed by atoms with van der Waals surface area (Å²) in [5.74, 6) is -2.89. The summed E-state index contributed by atoms with van der Waals surface area (Å²) < 4.78 is 55.6. The van der Waals surface area contributed by atoms with Crippen LogP contribution in [0.15, 0.2) is 35.9 Å². The molecule has 0 heterocycles. The summed E-state index contributed by atoms with van der Waals surface area (Å²) >= 11 is 0. The Labute approximate surface area is 182 Å². The maximum absolute atomic E-state index is 15.1. The van der Waals surface area contributed by atoms with Crippen LogP contribution in [0.5, 0.6) is 0 Å². The fourth-order valence-electron chi connectivity index (χ4n) is 5.34. The molecule has 0 unspecified atom stereocenters. The van der Waals surface area contributed by atoms with Gasteiger partial charge < -0.3 is 0 Å². The fraction of sp³-hybridized carbons (Fsp3) is 0.481. The summed E-state index contributed by atoms with van der Waals surface area (Å²) in [6.45, 7) is 2.27. The standard InChI is InChI=1S/C27H30F4/c1-2-3-17-4-6-18(7-5-17)8-9-19-10-12-22-20(14-19)11-13-23(26(22)30)21-15-24(28)27(31)25(29)16-21/h10-11,13,15-18H,2-9,12,14H2,1H3. The summed E-state index contributed by atoms with van der Waals surface area (Å²) in [5.41, 5.74) is 3.00. The van der Waals surface area contributed by atoms with E-state index in [0.717, 1.165) is 42.4 Å². The first-order chi connectivity index (χ1) is 15.0. The van der Waals surface area contributed by atoms with Crippen LogP contribution < -0.4 is 0 Å². The number of fused-ring (bicyclic) bond motifs is 1. The minimum absolute atomic E-state index is 0.0187. The Bertz CT molecular complexity index is 944. The van der Waals surface area contributed by atoms with Gasteiger partial charge in [0, 0.05) is 5.56 Å². The summed E-state index contributed by atoms with van der Waals surface area (Å²) in [6, 6.07) is 5.10. The van der Waals surface area contributed by atoms with Gasteiger partial charge in [-0.25, -0.2) is 17.6 Å². The van der Waals surface area contributed by atoms with Crippen molar-refractivity contribution in [3.8, 4) is 11.1 Å². The van der Waals surface area contributed by atoms with Crippen molar-refractivity contribution in [2.24, 2.45) is 11.8 Å². The summed E-state index contributed by atoms with van der Waals surface area (Å²) in [4.78, 5) is 0. The highest BCUT2D eigenvalue weighted by Crippen LogP contribution is 2.37. The average Bonchev–Trinajstić information content (AvgIpc) is 2.77. The third kappa shape index (κ3) is 4.88. The Balaban J connectivity index is 1.41. The summed E-state index contributed by atoms with van der Waals surface area (Å²) in [7, 11) is 0.